The molecule has 4 heteroatoms. The zero-order valence-electron chi connectivity index (χ0n) is 13.1. The van der Waals surface area contributed by atoms with Gasteiger partial charge in [0.05, 0.1) is 11.1 Å². The minimum atomic E-state index is 0. The minimum absolute atomic E-state index is 0. The van der Waals surface area contributed by atoms with E-state index in [1.165, 1.54) is 24.0 Å². The van der Waals surface area contributed by atoms with E-state index in [2.05, 4.69) is 69.8 Å². The van der Waals surface area contributed by atoms with Crippen LogP contribution < -0.4 is 10.1 Å². The van der Waals surface area contributed by atoms with Gasteiger partial charge in [0, 0.05) is 12.5 Å². The quantitative estimate of drug-likeness (QED) is 0.781. The van der Waals surface area contributed by atoms with Gasteiger partial charge in [-0.2, -0.15) is 0 Å². The molecule has 0 aromatic heterocycles. The molecule has 1 saturated heterocycles. The first-order chi connectivity index (χ1) is 10.8. The average Bonchev–Trinajstić information content (AvgIpc) is 2.56. The van der Waals surface area contributed by atoms with E-state index in [0.717, 1.165) is 36.3 Å². The second-order valence-electron chi connectivity index (χ2n) is 5.95. The summed E-state index contributed by atoms with van der Waals surface area (Å²) in [6.45, 7) is 3.02. The molecule has 1 aliphatic heterocycles. The minimum Gasteiger partial charge on any atom is -0.492 e. The van der Waals surface area contributed by atoms with Crippen LogP contribution in [0.4, 0.5) is 0 Å². The van der Waals surface area contributed by atoms with Crippen molar-refractivity contribution in [1.82, 2.24) is 5.32 Å². The highest BCUT2D eigenvalue weighted by molar-refractivity contribution is 9.10. The predicted octanol–water partition coefficient (Wildman–Crippen LogP) is 4.84. The highest BCUT2D eigenvalue weighted by atomic mass is 79.9. The van der Waals surface area contributed by atoms with Crippen molar-refractivity contribution < 1.29 is 4.74 Å². The van der Waals surface area contributed by atoms with E-state index in [1.54, 1.807) is 0 Å². The molecule has 2 nitrogen and oxygen atoms in total. The monoisotopic (exact) mass is 395 g/mol. The van der Waals surface area contributed by atoms with Crippen molar-refractivity contribution in [2.75, 3.05) is 19.7 Å². The average molecular weight is 397 g/mol. The number of ether oxygens (including phenoxy) is 1. The van der Waals surface area contributed by atoms with Gasteiger partial charge in [0.25, 0.3) is 0 Å². The van der Waals surface area contributed by atoms with Gasteiger partial charge in [-0.3, -0.25) is 0 Å². The Labute approximate surface area is 153 Å². The predicted molar refractivity (Wildman–Crippen MR) is 102 cm³/mol. The summed E-state index contributed by atoms with van der Waals surface area (Å²) in [5.74, 6) is 1.58. The van der Waals surface area contributed by atoms with Crippen molar-refractivity contribution in [2.45, 2.75) is 19.3 Å². The van der Waals surface area contributed by atoms with Crippen LogP contribution in [0, 0.1) is 5.92 Å². The van der Waals surface area contributed by atoms with Crippen molar-refractivity contribution in [2.24, 2.45) is 5.92 Å². The van der Waals surface area contributed by atoms with Crippen LogP contribution in [0.3, 0.4) is 0 Å². The number of benzene rings is 2. The largest absolute Gasteiger partial charge is 0.492 e. The highest BCUT2D eigenvalue weighted by Crippen LogP contribution is 2.28. The molecule has 1 fully saturated rings. The Hall–Kier alpha value is -1.03. The Morgan fingerprint density at radius 2 is 1.91 bits per heavy atom. The lowest BCUT2D eigenvalue weighted by atomic mass is 10.0. The summed E-state index contributed by atoms with van der Waals surface area (Å²) in [7, 11) is 0. The standard InChI is InChI=1S/C19H22BrNO.ClH/c20-18-12-16(11-15-5-2-1-3-6-15)8-9-19(18)22-14-17-7-4-10-21-13-17;/h1-3,5-6,8-9,12,17,21H,4,7,10-11,13-14H2;1H. The third-order valence-corrected chi connectivity index (χ3v) is 4.74. The van der Waals surface area contributed by atoms with Gasteiger partial charge in [0.2, 0.25) is 0 Å². The summed E-state index contributed by atoms with van der Waals surface area (Å²) in [6.07, 6.45) is 3.47. The third-order valence-electron chi connectivity index (χ3n) is 4.12. The highest BCUT2D eigenvalue weighted by Gasteiger charge is 2.14. The zero-order chi connectivity index (χ0) is 15.2. The van der Waals surface area contributed by atoms with Crippen molar-refractivity contribution in [3.05, 3.63) is 64.1 Å². The van der Waals surface area contributed by atoms with Gasteiger partial charge >= 0.3 is 0 Å². The lowest BCUT2D eigenvalue weighted by molar-refractivity contribution is 0.217. The molecule has 0 saturated carbocycles. The van der Waals surface area contributed by atoms with Gasteiger partial charge in [0.15, 0.2) is 0 Å². The lowest BCUT2D eigenvalue weighted by Crippen LogP contribution is -2.33. The molecule has 0 aliphatic carbocycles. The van der Waals surface area contributed by atoms with Crippen LogP contribution in [0.1, 0.15) is 24.0 Å². The van der Waals surface area contributed by atoms with Gasteiger partial charge in [-0.05, 0) is 65.0 Å². The second-order valence-corrected chi connectivity index (χ2v) is 6.80. The SMILES string of the molecule is Brc1cc(Cc2ccccc2)ccc1OCC1CCCNC1.Cl. The fraction of sp³-hybridized carbons (Fsp3) is 0.368. The third kappa shape index (κ3) is 5.52. The van der Waals surface area contributed by atoms with Crippen molar-refractivity contribution >= 4 is 28.3 Å². The van der Waals surface area contributed by atoms with Crippen LogP contribution in [0.25, 0.3) is 0 Å². The van der Waals surface area contributed by atoms with Gasteiger partial charge in [0.1, 0.15) is 5.75 Å². The molecule has 0 radical (unpaired) electrons. The van der Waals surface area contributed by atoms with E-state index >= 15 is 0 Å². The smallest absolute Gasteiger partial charge is 0.133 e. The molecular formula is C19H23BrClNO. The Morgan fingerprint density at radius 3 is 2.61 bits per heavy atom. The van der Waals surface area contributed by atoms with E-state index in [0.29, 0.717) is 5.92 Å². The molecular weight excluding hydrogens is 374 g/mol. The normalized spacial score (nSPS) is 17.3. The molecule has 0 amide bonds. The van der Waals surface area contributed by atoms with Crippen LogP contribution in [0.15, 0.2) is 53.0 Å². The van der Waals surface area contributed by atoms with Crippen molar-refractivity contribution in [1.29, 1.82) is 0 Å². The topological polar surface area (TPSA) is 21.3 Å². The molecule has 2 aromatic rings. The van der Waals surface area contributed by atoms with E-state index in [-0.39, 0.29) is 12.4 Å². The van der Waals surface area contributed by atoms with Crippen LogP contribution in [-0.4, -0.2) is 19.7 Å². The molecule has 23 heavy (non-hydrogen) atoms. The maximum absolute atomic E-state index is 5.99. The fourth-order valence-corrected chi connectivity index (χ4v) is 3.42. The van der Waals surface area contributed by atoms with E-state index in [1.807, 2.05) is 0 Å². The van der Waals surface area contributed by atoms with Gasteiger partial charge in [-0.1, -0.05) is 36.4 Å². The fourth-order valence-electron chi connectivity index (χ4n) is 2.88. The number of hydrogen-bond donors (Lipinski definition) is 1. The number of piperidine rings is 1. The van der Waals surface area contributed by atoms with Crippen molar-refractivity contribution in [3.8, 4) is 5.75 Å². The van der Waals surface area contributed by atoms with Gasteiger partial charge < -0.3 is 10.1 Å². The molecule has 0 bridgehead atoms. The molecule has 1 aliphatic rings. The molecule has 0 spiro atoms. The summed E-state index contributed by atoms with van der Waals surface area (Å²) in [6, 6.07) is 17.0. The summed E-state index contributed by atoms with van der Waals surface area (Å²) in [5, 5.41) is 3.43. The molecule has 1 unspecified atom stereocenters. The number of hydrogen-bond acceptors (Lipinski definition) is 2. The Morgan fingerprint density at radius 1 is 1.09 bits per heavy atom. The van der Waals surface area contributed by atoms with Crippen LogP contribution >= 0.6 is 28.3 Å². The molecule has 2 aromatic carbocycles. The molecule has 3 rings (SSSR count). The molecule has 1 heterocycles. The maximum Gasteiger partial charge on any atom is 0.133 e. The van der Waals surface area contributed by atoms with Crippen LogP contribution in [0.2, 0.25) is 0 Å². The lowest BCUT2D eigenvalue weighted by Gasteiger charge is -2.23. The second kappa shape index (κ2) is 9.31. The van der Waals surface area contributed by atoms with Crippen molar-refractivity contribution in [3.63, 3.8) is 0 Å². The Balaban J connectivity index is 0.00000192. The summed E-state index contributed by atoms with van der Waals surface area (Å²) < 4.78 is 7.04. The first-order valence-electron chi connectivity index (χ1n) is 7.97. The summed E-state index contributed by atoms with van der Waals surface area (Å²) in [5.41, 5.74) is 2.63. The van der Waals surface area contributed by atoms with E-state index in [9.17, 15) is 0 Å². The molecule has 1 atom stereocenters. The Kier molecular flexibility index (Phi) is 7.41. The molecule has 1 N–H and O–H groups in total. The van der Waals surface area contributed by atoms with Crippen LogP contribution in [-0.2, 0) is 6.42 Å². The molecule has 124 valence electrons. The van der Waals surface area contributed by atoms with E-state index in [4.69, 9.17) is 4.74 Å². The summed E-state index contributed by atoms with van der Waals surface area (Å²) in [4.78, 5) is 0. The maximum atomic E-state index is 5.99. The van der Waals surface area contributed by atoms with Crippen LogP contribution in [0.5, 0.6) is 5.75 Å². The number of rotatable bonds is 5. The van der Waals surface area contributed by atoms with Gasteiger partial charge in [-0.15, -0.1) is 12.4 Å². The first-order valence-corrected chi connectivity index (χ1v) is 8.76. The van der Waals surface area contributed by atoms with Gasteiger partial charge in [-0.25, -0.2) is 0 Å². The first kappa shape index (κ1) is 18.3. The number of halogens is 2. The number of nitrogens with one attached hydrogen (secondary N) is 1. The zero-order valence-corrected chi connectivity index (χ0v) is 15.5. The summed E-state index contributed by atoms with van der Waals surface area (Å²) >= 11 is 3.64. The Bertz CT molecular complexity index is 600. The van der Waals surface area contributed by atoms with E-state index < -0.39 is 0 Å².